The van der Waals surface area contributed by atoms with Crippen LogP contribution in [0.4, 0.5) is 0 Å². The zero-order chi connectivity index (χ0) is 14.7. The Morgan fingerprint density at radius 2 is 1.67 bits per heavy atom. The van der Waals surface area contributed by atoms with Crippen LogP contribution in [-0.2, 0) is 29.8 Å². The SMILES string of the molecule is COC(=O)C1(c2ccccc2)OOC(c2ccccc2)O1. The zero-order valence-electron chi connectivity index (χ0n) is 11.4. The minimum Gasteiger partial charge on any atom is -0.465 e. The first-order valence-electron chi connectivity index (χ1n) is 6.47. The largest absolute Gasteiger partial charge is 0.465 e. The van der Waals surface area contributed by atoms with Crippen molar-refractivity contribution in [1.29, 1.82) is 0 Å². The van der Waals surface area contributed by atoms with Crippen molar-refractivity contribution in [1.82, 2.24) is 0 Å². The van der Waals surface area contributed by atoms with Crippen molar-refractivity contribution in [3.05, 3.63) is 71.8 Å². The van der Waals surface area contributed by atoms with Gasteiger partial charge in [0.05, 0.1) is 7.11 Å². The molecule has 2 atom stereocenters. The average Bonchev–Trinajstić information content (AvgIpc) is 3.02. The summed E-state index contributed by atoms with van der Waals surface area (Å²) in [5.41, 5.74) is 1.26. The van der Waals surface area contributed by atoms with E-state index in [1.54, 1.807) is 24.3 Å². The molecule has 0 N–H and O–H groups in total. The highest BCUT2D eigenvalue weighted by Gasteiger charge is 2.53. The molecular formula is C16H14O5. The molecule has 0 amide bonds. The van der Waals surface area contributed by atoms with Gasteiger partial charge in [-0.1, -0.05) is 60.7 Å². The lowest BCUT2D eigenvalue weighted by molar-refractivity contribution is -0.331. The summed E-state index contributed by atoms with van der Waals surface area (Å²) in [5, 5.41) is 0. The molecule has 0 aliphatic carbocycles. The van der Waals surface area contributed by atoms with Crippen LogP contribution in [0.15, 0.2) is 60.7 Å². The van der Waals surface area contributed by atoms with Crippen molar-refractivity contribution in [3.63, 3.8) is 0 Å². The molecule has 1 heterocycles. The number of benzene rings is 2. The van der Waals surface area contributed by atoms with E-state index in [0.29, 0.717) is 5.56 Å². The Hall–Kier alpha value is -2.21. The smallest absolute Gasteiger partial charge is 0.374 e. The molecule has 3 rings (SSSR count). The van der Waals surface area contributed by atoms with E-state index < -0.39 is 18.0 Å². The Balaban J connectivity index is 1.95. The van der Waals surface area contributed by atoms with Gasteiger partial charge in [0.15, 0.2) is 0 Å². The van der Waals surface area contributed by atoms with Gasteiger partial charge in [0, 0.05) is 11.1 Å². The summed E-state index contributed by atoms with van der Waals surface area (Å²) in [6.45, 7) is 0. The Labute approximate surface area is 121 Å². The number of carbonyl (C=O) groups excluding carboxylic acids is 1. The molecule has 21 heavy (non-hydrogen) atoms. The summed E-state index contributed by atoms with van der Waals surface area (Å²) in [6, 6.07) is 18.1. The van der Waals surface area contributed by atoms with E-state index in [4.69, 9.17) is 19.2 Å². The third kappa shape index (κ3) is 2.42. The Morgan fingerprint density at radius 1 is 1.05 bits per heavy atom. The number of carbonyl (C=O) groups is 1. The Bertz CT molecular complexity index is 613. The van der Waals surface area contributed by atoms with Crippen LogP contribution in [0, 0.1) is 0 Å². The molecule has 5 heteroatoms. The first-order chi connectivity index (χ1) is 10.3. The number of rotatable bonds is 3. The molecule has 2 unspecified atom stereocenters. The average molecular weight is 286 g/mol. The van der Waals surface area contributed by atoms with Crippen LogP contribution in [0.2, 0.25) is 0 Å². The maximum atomic E-state index is 12.2. The lowest BCUT2D eigenvalue weighted by Crippen LogP contribution is -2.38. The van der Waals surface area contributed by atoms with E-state index in [1.165, 1.54) is 7.11 Å². The van der Waals surface area contributed by atoms with Gasteiger partial charge < -0.3 is 4.74 Å². The minimum atomic E-state index is -1.71. The van der Waals surface area contributed by atoms with Crippen molar-refractivity contribution in [3.8, 4) is 0 Å². The maximum Gasteiger partial charge on any atom is 0.374 e. The van der Waals surface area contributed by atoms with E-state index in [1.807, 2.05) is 36.4 Å². The third-order valence-electron chi connectivity index (χ3n) is 3.21. The van der Waals surface area contributed by atoms with Crippen LogP contribution in [0.5, 0.6) is 0 Å². The Kier molecular flexibility index (Phi) is 3.70. The lowest BCUT2D eigenvalue weighted by atomic mass is 10.1. The Morgan fingerprint density at radius 3 is 2.29 bits per heavy atom. The fraction of sp³-hybridized carbons (Fsp3) is 0.188. The van der Waals surface area contributed by atoms with Gasteiger partial charge in [-0.25, -0.2) is 4.79 Å². The standard InChI is InChI=1S/C16H14O5/c1-18-15(17)16(13-10-6-3-7-11-13)19-14(20-21-16)12-8-4-2-5-9-12/h2-11,14H,1H3. The summed E-state index contributed by atoms with van der Waals surface area (Å²) in [6.07, 6.45) is -0.800. The molecule has 108 valence electrons. The second-order valence-corrected chi connectivity index (χ2v) is 4.51. The van der Waals surface area contributed by atoms with Crippen molar-refractivity contribution in [2.24, 2.45) is 0 Å². The molecule has 1 fully saturated rings. The second kappa shape index (κ2) is 5.65. The van der Waals surface area contributed by atoms with E-state index in [0.717, 1.165) is 5.56 Å². The van der Waals surface area contributed by atoms with Crippen molar-refractivity contribution in [2.45, 2.75) is 12.1 Å². The van der Waals surface area contributed by atoms with E-state index in [2.05, 4.69) is 0 Å². The third-order valence-corrected chi connectivity index (χ3v) is 3.21. The van der Waals surface area contributed by atoms with Gasteiger partial charge >= 0.3 is 11.8 Å². The molecule has 5 nitrogen and oxygen atoms in total. The molecule has 1 aliphatic rings. The van der Waals surface area contributed by atoms with Gasteiger partial charge in [0.1, 0.15) is 0 Å². The fourth-order valence-corrected chi connectivity index (χ4v) is 2.14. The molecular weight excluding hydrogens is 272 g/mol. The minimum absolute atomic E-state index is 0.510. The number of methoxy groups -OCH3 is 1. The molecule has 2 aromatic rings. The second-order valence-electron chi connectivity index (χ2n) is 4.51. The highest BCUT2D eigenvalue weighted by molar-refractivity contribution is 5.79. The topological polar surface area (TPSA) is 54.0 Å². The summed E-state index contributed by atoms with van der Waals surface area (Å²) in [7, 11) is 1.27. The van der Waals surface area contributed by atoms with Crippen LogP contribution in [0.1, 0.15) is 17.4 Å². The number of ether oxygens (including phenoxy) is 2. The van der Waals surface area contributed by atoms with Gasteiger partial charge in [-0.15, -0.1) is 0 Å². The summed E-state index contributed by atoms with van der Waals surface area (Å²) in [5.74, 6) is -2.39. The molecule has 1 saturated heterocycles. The maximum absolute atomic E-state index is 12.2. The van der Waals surface area contributed by atoms with E-state index in [-0.39, 0.29) is 0 Å². The molecule has 0 saturated carbocycles. The monoisotopic (exact) mass is 286 g/mol. The lowest BCUT2D eigenvalue weighted by Gasteiger charge is -2.22. The summed E-state index contributed by atoms with van der Waals surface area (Å²) in [4.78, 5) is 22.6. The first-order valence-corrected chi connectivity index (χ1v) is 6.47. The van der Waals surface area contributed by atoms with Crippen LogP contribution < -0.4 is 0 Å². The van der Waals surface area contributed by atoms with Crippen LogP contribution >= 0.6 is 0 Å². The van der Waals surface area contributed by atoms with Crippen molar-refractivity contribution in [2.75, 3.05) is 7.11 Å². The van der Waals surface area contributed by atoms with Gasteiger partial charge in [0.2, 0.25) is 6.29 Å². The summed E-state index contributed by atoms with van der Waals surface area (Å²) < 4.78 is 10.6. The molecule has 0 spiro atoms. The van der Waals surface area contributed by atoms with Crippen LogP contribution in [-0.4, -0.2) is 13.1 Å². The van der Waals surface area contributed by atoms with Gasteiger partial charge in [-0.2, -0.15) is 9.78 Å². The highest BCUT2D eigenvalue weighted by atomic mass is 17.3. The van der Waals surface area contributed by atoms with E-state index in [9.17, 15) is 4.79 Å². The molecule has 0 aromatic heterocycles. The van der Waals surface area contributed by atoms with Crippen molar-refractivity contribution < 1.29 is 24.0 Å². The number of hydrogen-bond acceptors (Lipinski definition) is 5. The van der Waals surface area contributed by atoms with E-state index >= 15 is 0 Å². The first kappa shape index (κ1) is 13.8. The predicted molar refractivity (Wildman–Crippen MR) is 72.6 cm³/mol. The van der Waals surface area contributed by atoms with Crippen LogP contribution in [0.25, 0.3) is 0 Å². The predicted octanol–water partition coefficient (Wildman–Crippen LogP) is 2.69. The van der Waals surface area contributed by atoms with Gasteiger partial charge in [-0.05, 0) is 0 Å². The number of hydrogen-bond donors (Lipinski definition) is 0. The van der Waals surface area contributed by atoms with Crippen LogP contribution in [0.3, 0.4) is 0 Å². The highest BCUT2D eigenvalue weighted by Crippen LogP contribution is 2.42. The molecule has 1 aliphatic heterocycles. The van der Waals surface area contributed by atoms with Crippen molar-refractivity contribution >= 4 is 5.97 Å². The van der Waals surface area contributed by atoms with Gasteiger partial charge in [0.25, 0.3) is 0 Å². The molecule has 0 bridgehead atoms. The molecule has 0 radical (unpaired) electrons. The normalized spacial score (nSPS) is 24.7. The molecule has 2 aromatic carbocycles. The summed E-state index contributed by atoms with van der Waals surface area (Å²) >= 11 is 0. The van der Waals surface area contributed by atoms with Gasteiger partial charge in [-0.3, -0.25) is 4.74 Å². The fourth-order valence-electron chi connectivity index (χ4n) is 2.14. The quantitative estimate of drug-likeness (QED) is 0.641. The zero-order valence-corrected chi connectivity index (χ0v) is 11.4. The number of esters is 1.